The molecule has 182 valence electrons. The van der Waals surface area contributed by atoms with Gasteiger partial charge in [0, 0.05) is 11.7 Å². The van der Waals surface area contributed by atoms with Crippen molar-refractivity contribution in [3.8, 4) is 5.75 Å². The Bertz CT molecular complexity index is 1080. The van der Waals surface area contributed by atoms with E-state index in [9.17, 15) is 22.8 Å². The highest BCUT2D eigenvalue weighted by molar-refractivity contribution is 8.16. The molecule has 3 aliphatic rings. The van der Waals surface area contributed by atoms with Gasteiger partial charge in [-0.05, 0) is 49.8 Å². The minimum absolute atomic E-state index is 0.0449. The Morgan fingerprint density at radius 3 is 2.47 bits per heavy atom. The first-order valence-corrected chi connectivity index (χ1v) is 11.7. The van der Waals surface area contributed by atoms with E-state index >= 15 is 0 Å². The topological polar surface area (TPSA) is 80.2 Å². The number of alkyl halides is 3. The number of carbonyl (C=O) groups is 2. The molecule has 0 saturated heterocycles. The van der Waals surface area contributed by atoms with Crippen LogP contribution < -0.4 is 10.1 Å². The lowest BCUT2D eigenvalue weighted by Crippen LogP contribution is -2.40. The van der Waals surface area contributed by atoms with Gasteiger partial charge >= 0.3 is 12.1 Å². The molecule has 2 heterocycles. The van der Waals surface area contributed by atoms with Crippen LogP contribution >= 0.6 is 11.8 Å². The third-order valence-electron chi connectivity index (χ3n) is 5.36. The van der Waals surface area contributed by atoms with Gasteiger partial charge < -0.3 is 19.7 Å². The standard InChI is InChI=1S/C23H24F3N3O4S/c1-12(2)33-21(31)18-19(13-4-8-16(32-3)9-5-13)29-15(10-17(30)27-14-6-7-14)11-34-22(29)28-20(18)23(24,25)26/h4-5,8-9,11-12,14,19H,6-7,10H2,1-3H3,(H,27,30). The molecule has 1 atom stereocenters. The smallest absolute Gasteiger partial charge is 0.434 e. The minimum Gasteiger partial charge on any atom is -0.497 e. The van der Waals surface area contributed by atoms with E-state index in [4.69, 9.17) is 9.47 Å². The third-order valence-corrected chi connectivity index (χ3v) is 6.25. The first kappa shape index (κ1) is 24.2. The fourth-order valence-corrected chi connectivity index (χ4v) is 4.65. The van der Waals surface area contributed by atoms with Crippen molar-refractivity contribution in [3.63, 3.8) is 0 Å². The second kappa shape index (κ2) is 9.36. The number of hydrogen-bond donors (Lipinski definition) is 1. The maximum absolute atomic E-state index is 14.1. The normalized spacial score (nSPS) is 20.1. The van der Waals surface area contributed by atoms with E-state index < -0.39 is 35.6 Å². The van der Waals surface area contributed by atoms with Crippen molar-refractivity contribution in [1.82, 2.24) is 10.2 Å². The zero-order valence-electron chi connectivity index (χ0n) is 18.8. The summed E-state index contributed by atoms with van der Waals surface area (Å²) >= 11 is 0.987. The molecule has 0 radical (unpaired) electrons. The predicted molar refractivity (Wildman–Crippen MR) is 121 cm³/mol. The first-order chi connectivity index (χ1) is 16.1. The second-order valence-corrected chi connectivity index (χ2v) is 9.24. The molecule has 1 aromatic rings. The Labute approximate surface area is 199 Å². The highest BCUT2D eigenvalue weighted by atomic mass is 32.2. The maximum atomic E-state index is 14.1. The molecule has 2 aliphatic heterocycles. The van der Waals surface area contributed by atoms with Crippen molar-refractivity contribution in [2.75, 3.05) is 7.11 Å². The molecule has 1 amide bonds. The van der Waals surface area contributed by atoms with Crippen LogP contribution in [0.15, 0.2) is 51.6 Å². The van der Waals surface area contributed by atoms with E-state index in [1.807, 2.05) is 0 Å². The zero-order chi connectivity index (χ0) is 24.6. The van der Waals surface area contributed by atoms with E-state index in [2.05, 4.69) is 10.3 Å². The fourth-order valence-electron chi connectivity index (χ4n) is 3.73. The van der Waals surface area contributed by atoms with Crippen molar-refractivity contribution in [2.24, 2.45) is 4.99 Å². The van der Waals surface area contributed by atoms with E-state index in [1.54, 1.807) is 43.5 Å². The predicted octanol–water partition coefficient (Wildman–Crippen LogP) is 4.43. The quantitative estimate of drug-likeness (QED) is 0.564. The summed E-state index contributed by atoms with van der Waals surface area (Å²) in [6.45, 7) is 3.12. The van der Waals surface area contributed by atoms with E-state index in [1.165, 1.54) is 12.0 Å². The number of carbonyl (C=O) groups excluding carboxylic acids is 2. The molecular weight excluding hydrogens is 471 g/mol. The summed E-state index contributed by atoms with van der Waals surface area (Å²) in [5.74, 6) is -0.833. The van der Waals surface area contributed by atoms with Crippen LogP contribution in [0, 0.1) is 0 Å². The summed E-state index contributed by atoms with van der Waals surface area (Å²) in [6.07, 6.45) is -3.76. The molecule has 1 unspecified atom stereocenters. The van der Waals surface area contributed by atoms with Gasteiger partial charge in [0.15, 0.2) is 10.9 Å². The average Bonchev–Trinajstić information content (AvgIpc) is 3.49. The van der Waals surface area contributed by atoms with Gasteiger partial charge in [-0.1, -0.05) is 23.9 Å². The van der Waals surface area contributed by atoms with Crippen LogP contribution in [0.2, 0.25) is 0 Å². The van der Waals surface area contributed by atoms with Crippen LogP contribution in [0.25, 0.3) is 0 Å². The Balaban J connectivity index is 1.81. The number of nitrogens with one attached hydrogen (secondary N) is 1. The van der Waals surface area contributed by atoms with Gasteiger partial charge in [0.2, 0.25) is 5.91 Å². The van der Waals surface area contributed by atoms with E-state index in [-0.39, 0.29) is 23.5 Å². The van der Waals surface area contributed by atoms with Crippen molar-refractivity contribution in [2.45, 2.75) is 57.5 Å². The number of hydrogen-bond acceptors (Lipinski definition) is 7. The molecule has 0 spiro atoms. The van der Waals surface area contributed by atoms with Crippen molar-refractivity contribution in [3.05, 3.63) is 52.2 Å². The number of rotatable bonds is 7. The molecule has 0 bridgehead atoms. The number of nitrogens with zero attached hydrogens (tertiary/aromatic N) is 2. The molecule has 7 nitrogen and oxygen atoms in total. The number of fused-ring (bicyclic) bond motifs is 1. The molecule has 1 fully saturated rings. The molecular formula is C23H24F3N3O4S. The van der Waals surface area contributed by atoms with Gasteiger partial charge in [-0.2, -0.15) is 13.2 Å². The Morgan fingerprint density at radius 1 is 1.24 bits per heavy atom. The van der Waals surface area contributed by atoms with Gasteiger partial charge in [0.1, 0.15) is 5.75 Å². The number of ether oxygens (including phenoxy) is 2. The van der Waals surface area contributed by atoms with Crippen LogP contribution in [0.1, 0.15) is 44.7 Å². The first-order valence-electron chi connectivity index (χ1n) is 10.8. The number of amides is 1. The molecule has 1 aliphatic carbocycles. The molecule has 11 heteroatoms. The fraction of sp³-hybridized carbons (Fsp3) is 0.435. The van der Waals surface area contributed by atoms with E-state index in [0.717, 1.165) is 24.6 Å². The molecule has 1 aromatic carbocycles. The zero-order valence-corrected chi connectivity index (χ0v) is 19.6. The van der Waals surface area contributed by atoms with Gasteiger partial charge in [-0.3, -0.25) is 4.79 Å². The van der Waals surface area contributed by atoms with Gasteiger partial charge in [0.05, 0.1) is 31.2 Å². The molecule has 1 saturated carbocycles. The summed E-state index contributed by atoms with van der Waals surface area (Å²) in [7, 11) is 1.48. The summed E-state index contributed by atoms with van der Waals surface area (Å²) in [5, 5.41) is 4.53. The van der Waals surface area contributed by atoms with Crippen molar-refractivity contribution < 1.29 is 32.2 Å². The largest absolute Gasteiger partial charge is 0.497 e. The number of aliphatic imine (C=N–C) groups is 1. The van der Waals surface area contributed by atoms with E-state index in [0.29, 0.717) is 17.0 Å². The Kier molecular flexibility index (Phi) is 6.66. The summed E-state index contributed by atoms with van der Waals surface area (Å²) < 4.78 is 52.7. The highest BCUT2D eigenvalue weighted by Gasteiger charge is 2.49. The minimum atomic E-state index is -4.89. The van der Waals surface area contributed by atoms with Crippen molar-refractivity contribution in [1.29, 1.82) is 0 Å². The Morgan fingerprint density at radius 2 is 1.91 bits per heavy atom. The van der Waals surface area contributed by atoms with Crippen LogP contribution in [-0.4, -0.2) is 47.4 Å². The molecule has 1 N–H and O–H groups in total. The van der Waals surface area contributed by atoms with Crippen LogP contribution in [0.5, 0.6) is 5.75 Å². The van der Waals surface area contributed by atoms with Gasteiger partial charge in [0.25, 0.3) is 0 Å². The van der Waals surface area contributed by atoms with Crippen molar-refractivity contribution >= 4 is 28.8 Å². The maximum Gasteiger partial charge on any atom is 0.434 e. The number of halogens is 3. The number of benzene rings is 1. The summed E-state index contributed by atoms with van der Waals surface area (Å²) in [5.41, 5.74) is -1.05. The van der Waals surface area contributed by atoms with Gasteiger partial charge in [-0.25, -0.2) is 9.79 Å². The number of thioether (sulfide) groups is 1. The summed E-state index contributed by atoms with van der Waals surface area (Å²) in [4.78, 5) is 30.9. The number of methoxy groups -OCH3 is 1. The molecule has 0 aromatic heterocycles. The lowest BCUT2D eigenvalue weighted by atomic mass is 9.93. The second-order valence-electron chi connectivity index (χ2n) is 8.40. The lowest BCUT2D eigenvalue weighted by molar-refractivity contribution is -0.144. The Hall–Kier alpha value is -2.95. The monoisotopic (exact) mass is 495 g/mol. The molecule has 34 heavy (non-hydrogen) atoms. The highest BCUT2D eigenvalue weighted by Crippen LogP contribution is 2.48. The van der Waals surface area contributed by atoms with Crippen LogP contribution in [0.3, 0.4) is 0 Å². The van der Waals surface area contributed by atoms with Crippen LogP contribution in [0.4, 0.5) is 13.2 Å². The number of esters is 1. The number of amidine groups is 1. The average molecular weight is 496 g/mol. The summed E-state index contributed by atoms with van der Waals surface area (Å²) in [6, 6.07) is 5.35. The number of allylic oxidation sites excluding steroid dienone is 1. The SMILES string of the molecule is COc1ccc(C2C(C(=O)OC(C)C)=C(C(F)(F)F)N=C3SC=C(CC(=O)NC4CC4)N32)cc1. The van der Waals surface area contributed by atoms with Gasteiger partial charge in [-0.15, -0.1) is 0 Å². The third kappa shape index (κ3) is 5.08. The van der Waals surface area contributed by atoms with Crippen LogP contribution in [-0.2, 0) is 14.3 Å². The lowest BCUT2D eigenvalue weighted by Gasteiger charge is -2.37. The molecule has 4 rings (SSSR count).